The largest absolute Gasteiger partial charge is 0.362 e. The highest BCUT2D eigenvalue weighted by Gasteiger charge is 2.14. The minimum Gasteiger partial charge on any atom is -0.362 e. The number of thiazole rings is 1. The monoisotopic (exact) mass is 256 g/mol. The first kappa shape index (κ1) is 12.2. The van der Waals surface area contributed by atoms with Crippen LogP contribution in [0.15, 0.2) is 6.20 Å². The molecule has 1 N–H and O–H groups in total. The van der Waals surface area contributed by atoms with Crippen molar-refractivity contribution < 1.29 is 0 Å². The zero-order valence-electron chi connectivity index (χ0n) is 9.87. The van der Waals surface area contributed by atoms with Crippen molar-refractivity contribution in [1.82, 2.24) is 4.98 Å². The molecule has 0 aliphatic heterocycles. The number of thioether (sulfide) groups is 1. The Hall–Kier alpha value is -0.220. The molecule has 1 aromatic heterocycles. The standard InChI is InChI=1S/C12H20N2S2/c1-2-13-12-14-7-11(16-12)9-15-8-10-5-3-4-6-10/h7,10H,2-6,8-9H2,1H3,(H,13,14). The van der Waals surface area contributed by atoms with E-state index in [2.05, 4.69) is 29.0 Å². The SMILES string of the molecule is CCNc1ncc(CSCC2CCCC2)s1. The highest BCUT2D eigenvalue weighted by atomic mass is 32.2. The van der Waals surface area contributed by atoms with Gasteiger partial charge in [0.25, 0.3) is 0 Å². The van der Waals surface area contributed by atoms with E-state index in [1.807, 2.05) is 6.20 Å². The van der Waals surface area contributed by atoms with E-state index in [9.17, 15) is 0 Å². The Kier molecular flexibility index (Phi) is 4.97. The van der Waals surface area contributed by atoms with Crippen molar-refractivity contribution in [3.8, 4) is 0 Å². The summed E-state index contributed by atoms with van der Waals surface area (Å²) in [6.45, 7) is 3.07. The second kappa shape index (κ2) is 6.50. The fraction of sp³-hybridized carbons (Fsp3) is 0.750. The van der Waals surface area contributed by atoms with Crippen molar-refractivity contribution >= 4 is 28.2 Å². The molecule has 1 saturated carbocycles. The van der Waals surface area contributed by atoms with Crippen LogP contribution in [0.1, 0.15) is 37.5 Å². The lowest BCUT2D eigenvalue weighted by atomic mass is 10.1. The number of hydrogen-bond acceptors (Lipinski definition) is 4. The third kappa shape index (κ3) is 3.67. The molecule has 16 heavy (non-hydrogen) atoms. The van der Waals surface area contributed by atoms with Gasteiger partial charge in [0.2, 0.25) is 0 Å². The molecule has 0 atom stereocenters. The molecule has 90 valence electrons. The molecule has 0 unspecified atom stereocenters. The van der Waals surface area contributed by atoms with Crippen LogP contribution in [0.2, 0.25) is 0 Å². The summed E-state index contributed by atoms with van der Waals surface area (Å²) in [4.78, 5) is 5.75. The summed E-state index contributed by atoms with van der Waals surface area (Å²) in [5.74, 6) is 3.47. The van der Waals surface area contributed by atoms with Gasteiger partial charge in [0.15, 0.2) is 5.13 Å². The van der Waals surface area contributed by atoms with Crippen LogP contribution >= 0.6 is 23.1 Å². The maximum absolute atomic E-state index is 4.35. The van der Waals surface area contributed by atoms with Crippen molar-refractivity contribution in [2.75, 3.05) is 17.6 Å². The molecular weight excluding hydrogens is 236 g/mol. The first-order valence-electron chi connectivity index (χ1n) is 6.15. The van der Waals surface area contributed by atoms with Crippen LogP contribution in [0, 0.1) is 5.92 Å². The Bertz CT molecular complexity index is 306. The molecule has 2 nitrogen and oxygen atoms in total. The van der Waals surface area contributed by atoms with E-state index in [0.29, 0.717) is 0 Å². The highest BCUT2D eigenvalue weighted by Crippen LogP contribution is 2.30. The molecular formula is C12H20N2S2. The molecule has 0 saturated heterocycles. The second-order valence-corrected chi connectivity index (χ2v) is 6.47. The van der Waals surface area contributed by atoms with E-state index in [1.165, 1.54) is 36.3 Å². The fourth-order valence-electron chi connectivity index (χ4n) is 2.11. The lowest BCUT2D eigenvalue weighted by molar-refractivity contribution is 0.623. The van der Waals surface area contributed by atoms with E-state index >= 15 is 0 Å². The Balaban J connectivity index is 1.67. The first-order chi connectivity index (χ1) is 7.88. The predicted molar refractivity (Wildman–Crippen MR) is 74.4 cm³/mol. The summed E-state index contributed by atoms with van der Waals surface area (Å²) < 4.78 is 0. The third-order valence-electron chi connectivity index (χ3n) is 2.95. The van der Waals surface area contributed by atoms with Crippen molar-refractivity contribution in [1.29, 1.82) is 0 Å². The van der Waals surface area contributed by atoms with E-state index < -0.39 is 0 Å². The van der Waals surface area contributed by atoms with Crippen LogP contribution in [-0.2, 0) is 5.75 Å². The Morgan fingerprint density at radius 1 is 1.50 bits per heavy atom. The molecule has 1 aliphatic rings. The lowest BCUT2D eigenvalue weighted by Gasteiger charge is -2.06. The Morgan fingerprint density at radius 2 is 2.31 bits per heavy atom. The van der Waals surface area contributed by atoms with Crippen LogP contribution in [0.5, 0.6) is 0 Å². The van der Waals surface area contributed by atoms with E-state index in [-0.39, 0.29) is 0 Å². The maximum Gasteiger partial charge on any atom is 0.182 e. The predicted octanol–water partition coefficient (Wildman–Crippen LogP) is 4.00. The number of nitrogens with zero attached hydrogens (tertiary/aromatic N) is 1. The quantitative estimate of drug-likeness (QED) is 0.833. The van der Waals surface area contributed by atoms with Gasteiger partial charge in [-0.05, 0) is 31.4 Å². The van der Waals surface area contributed by atoms with Crippen molar-refractivity contribution in [3.63, 3.8) is 0 Å². The molecule has 1 heterocycles. The number of anilines is 1. The van der Waals surface area contributed by atoms with Gasteiger partial charge in [0, 0.05) is 23.4 Å². The van der Waals surface area contributed by atoms with Gasteiger partial charge < -0.3 is 5.32 Å². The van der Waals surface area contributed by atoms with Gasteiger partial charge in [0.05, 0.1) is 0 Å². The van der Waals surface area contributed by atoms with Gasteiger partial charge in [-0.1, -0.05) is 12.8 Å². The van der Waals surface area contributed by atoms with E-state index in [1.54, 1.807) is 11.3 Å². The van der Waals surface area contributed by atoms with Crippen LogP contribution in [-0.4, -0.2) is 17.3 Å². The van der Waals surface area contributed by atoms with Crippen molar-refractivity contribution in [2.45, 2.75) is 38.4 Å². The van der Waals surface area contributed by atoms with Gasteiger partial charge in [-0.15, -0.1) is 11.3 Å². The maximum atomic E-state index is 4.35. The molecule has 1 fully saturated rings. The summed E-state index contributed by atoms with van der Waals surface area (Å²) in [6.07, 6.45) is 7.84. The van der Waals surface area contributed by atoms with Gasteiger partial charge in [-0.25, -0.2) is 4.98 Å². The average Bonchev–Trinajstić information content (AvgIpc) is 2.90. The number of nitrogens with one attached hydrogen (secondary N) is 1. The summed E-state index contributed by atoms with van der Waals surface area (Å²) in [5.41, 5.74) is 0. The van der Waals surface area contributed by atoms with E-state index in [0.717, 1.165) is 23.3 Å². The zero-order valence-corrected chi connectivity index (χ0v) is 11.5. The Morgan fingerprint density at radius 3 is 3.06 bits per heavy atom. The molecule has 0 bridgehead atoms. The molecule has 2 rings (SSSR count). The third-order valence-corrected chi connectivity index (χ3v) is 5.31. The molecule has 1 aromatic rings. The zero-order chi connectivity index (χ0) is 11.2. The van der Waals surface area contributed by atoms with Crippen molar-refractivity contribution in [3.05, 3.63) is 11.1 Å². The summed E-state index contributed by atoms with van der Waals surface area (Å²) in [5, 5.41) is 4.33. The average molecular weight is 256 g/mol. The Labute approximate surface area is 106 Å². The minimum atomic E-state index is 0.960. The molecule has 0 aromatic carbocycles. The fourth-order valence-corrected chi connectivity index (χ4v) is 4.33. The number of rotatable bonds is 6. The van der Waals surface area contributed by atoms with Crippen LogP contribution in [0.25, 0.3) is 0 Å². The lowest BCUT2D eigenvalue weighted by Crippen LogP contribution is -1.96. The molecule has 0 spiro atoms. The van der Waals surface area contributed by atoms with Crippen LogP contribution in [0.4, 0.5) is 5.13 Å². The number of hydrogen-bond donors (Lipinski definition) is 1. The smallest absolute Gasteiger partial charge is 0.182 e. The highest BCUT2D eigenvalue weighted by molar-refractivity contribution is 7.98. The molecule has 1 aliphatic carbocycles. The van der Waals surface area contributed by atoms with Crippen LogP contribution in [0.3, 0.4) is 0 Å². The normalized spacial score (nSPS) is 16.8. The van der Waals surface area contributed by atoms with E-state index in [4.69, 9.17) is 0 Å². The summed E-state index contributed by atoms with van der Waals surface area (Å²) in [6, 6.07) is 0. The van der Waals surface area contributed by atoms with Crippen LogP contribution < -0.4 is 5.32 Å². The summed E-state index contributed by atoms with van der Waals surface area (Å²) in [7, 11) is 0. The molecule has 0 radical (unpaired) electrons. The number of aromatic nitrogens is 1. The molecule has 4 heteroatoms. The van der Waals surface area contributed by atoms with Gasteiger partial charge in [0.1, 0.15) is 0 Å². The topological polar surface area (TPSA) is 24.9 Å². The first-order valence-corrected chi connectivity index (χ1v) is 8.12. The molecule has 0 amide bonds. The minimum absolute atomic E-state index is 0.960. The summed E-state index contributed by atoms with van der Waals surface area (Å²) >= 11 is 3.87. The van der Waals surface area contributed by atoms with Crippen molar-refractivity contribution in [2.24, 2.45) is 5.92 Å². The van der Waals surface area contributed by atoms with Gasteiger partial charge >= 0.3 is 0 Å². The van der Waals surface area contributed by atoms with Gasteiger partial charge in [-0.2, -0.15) is 11.8 Å². The van der Waals surface area contributed by atoms with Gasteiger partial charge in [-0.3, -0.25) is 0 Å². The second-order valence-electron chi connectivity index (χ2n) is 4.33.